The number of carbonyl (C=O) groups excluding carboxylic acids is 1. The van der Waals surface area contributed by atoms with Crippen LogP contribution >= 0.6 is 0 Å². The molecular weight excluding hydrogens is 336 g/mol. The van der Waals surface area contributed by atoms with E-state index in [2.05, 4.69) is 9.97 Å². The largest absolute Gasteiger partial charge is 0.504 e. The summed E-state index contributed by atoms with van der Waals surface area (Å²) in [6.07, 6.45) is 3.69. The average Bonchev–Trinajstić information content (AvgIpc) is 3.15. The van der Waals surface area contributed by atoms with Gasteiger partial charge in [0.15, 0.2) is 17.3 Å². The van der Waals surface area contributed by atoms with Gasteiger partial charge in [0.2, 0.25) is 5.89 Å². The minimum Gasteiger partial charge on any atom is -0.504 e. The number of phenolic OH excluding ortho intramolecular Hbond substituents is 1. The highest BCUT2D eigenvalue weighted by Crippen LogP contribution is 2.31. The summed E-state index contributed by atoms with van der Waals surface area (Å²) in [4.78, 5) is 20.8. The third kappa shape index (κ3) is 3.66. The molecule has 0 saturated heterocycles. The minimum atomic E-state index is -0.130. The molecule has 0 radical (unpaired) electrons. The van der Waals surface area contributed by atoms with Crippen molar-refractivity contribution in [3.63, 3.8) is 0 Å². The van der Waals surface area contributed by atoms with Gasteiger partial charge in [-0.1, -0.05) is 0 Å². The average molecular weight is 354 g/mol. The zero-order valence-electron chi connectivity index (χ0n) is 14.4. The zero-order chi connectivity index (χ0) is 18.5. The standard InChI is InChI=1S/C19H18N2O5/c1-24-16-8-5-12(10-15(16)23)19-21-13(11-26-19)6-7-14(22)18-17(25-2)4-3-9-20-18/h3-5,8-11,23H,6-7H2,1-2H3. The molecule has 0 unspecified atom stereocenters. The van der Waals surface area contributed by atoms with Gasteiger partial charge in [0.25, 0.3) is 0 Å². The van der Waals surface area contributed by atoms with E-state index in [0.29, 0.717) is 40.8 Å². The Hall–Kier alpha value is -3.35. The van der Waals surface area contributed by atoms with Crippen LogP contribution in [0, 0.1) is 0 Å². The predicted molar refractivity (Wildman–Crippen MR) is 93.6 cm³/mol. The number of pyridine rings is 1. The van der Waals surface area contributed by atoms with Gasteiger partial charge in [-0.05, 0) is 30.3 Å². The van der Waals surface area contributed by atoms with Crippen molar-refractivity contribution in [2.45, 2.75) is 12.8 Å². The van der Waals surface area contributed by atoms with Gasteiger partial charge < -0.3 is 19.0 Å². The molecule has 2 heterocycles. The number of hydrogen-bond acceptors (Lipinski definition) is 7. The number of ether oxygens (including phenoxy) is 2. The molecule has 7 heteroatoms. The fourth-order valence-electron chi connectivity index (χ4n) is 2.50. The summed E-state index contributed by atoms with van der Waals surface area (Å²) in [5.41, 5.74) is 1.56. The highest BCUT2D eigenvalue weighted by molar-refractivity contribution is 5.96. The second-order valence-corrected chi connectivity index (χ2v) is 5.51. The Balaban J connectivity index is 1.69. The van der Waals surface area contributed by atoms with Crippen molar-refractivity contribution in [2.24, 2.45) is 0 Å². The molecule has 1 aromatic carbocycles. The third-order valence-corrected chi connectivity index (χ3v) is 3.84. The zero-order valence-corrected chi connectivity index (χ0v) is 14.4. The lowest BCUT2D eigenvalue weighted by Crippen LogP contribution is -2.06. The first-order valence-corrected chi connectivity index (χ1v) is 7.96. The molecule has 0 saturated carbocycles. The van der Waals surface area contributed by atoms with Crippen LogP contribution in [0.3, 0.4) is 0 Å². The molecule has 0 amide bonds. The molecule has 3 rings (SSSR count). The lowest BCUT2D eigenvalue weighted by molar-refractivity contribution is 0.0974. The number of rotatable bonds is 7. The van der Waals surface area contributed by atoms with Crippen molar-refractivity contribution in [1.82, 2.24) is 9.97 Å². The minimum absolute atomic E-state index is 0.00201. The monoisotopic (exact) mass is 354 g/mol. The second kappa shape index (κ2) is 7.69. The number of methoxy groups -OCH3 is 2. The van der Waals surface area contributed by atoms with Crippen molar-refractivity contribution in [1.29, 1.82) is 0 Å². The van der Waals surface area contributed by atoms with Crippen LogP contribution < -0.4 is 9.47 Å². The van der Waals surface area contributed by atoms with Gasteiger partial charge in [0, 0.05) is 24.6 Å². The fraction of sp³-hybridized carbons (Fsp3) is 0.211. The number of aromatic nitrogens is 2. The predicted octanol–water partition coefficient (Wildman–Crippen LogP) is 3.27. The van der Waals surface area contributed by atoms with E-state index in [1.165, 1.54) is 26.5 Å². The van der Waals surface area contributed by atoms with E-state index in [9.17, 15) is 9.90 Å². The topological polar surface area (TPSA) is 94.7 Å². The number of phenols is 1. The smallest absolute Gasteiger partial charge is 0.226 e. The number of hydrogen-bond donors (Lipinski definition) is 1. The summed E-state index contributed by atoms with van der Waals surface area (Å²) in [6.45, 7) is 0. The number of oxazole rings is 1. The van der Waals surface area contributed by atoms with E-state index in [4.69, 9.17) is 13.9 Å². The van der Waals surface area contributed by atoms with Crippen LogP contribution in [0.15, 0.2) is 47.2 Å². The molecule has 0 bridgehead atoms. The van der Waals surface area contributed by atoms with Crippen molar-refractivity contribution >= 4 is 5.78 Å². The van der Waals surface area contributed by atoms with Gasteiger partial charge in [-0.15, -0.1) is 0 Å². The molecule has 0 aliphatic heterocycles. The maximum Gasteiger partial charge on any atom is 0.226 e. The molecule has 0 aliphatic carbocycles. The van der Waals surface area contributed by atoms with Crippen LogP contribution in [-0.4, -0.2) is 35.1 Å². The molecule has 0 spiro atoms. The molecule has 1 N–H and O–H groups in total. The van der Waals surface area contributed by atoms with Crippen LogP contribution in [0.2, 0.25) is 0 Å². The number of nitrogens with zero attached hydrogens (tertiary/aromatic N) is 2. The Morgan fingerprint density at radius 3 is 2.73 bits per heavy atom. The van der Waals surface area contributed by atoms with Gasteiger partial charge >= 0.3 is 0 Å². The number of ketones is 1. The maximum absolute atomic E-state index is 12.3. The first-order valence-electron chi connectivity index (χ1n) is 7.96. The molecule has 7 nitrogen and oxygen atoms in total. The van der Waals surface area contributed by atoms with Crippen LogP contribution in [-0.2, 0) is 6.42 Å². The summed E-state index contributed by atoms with van der Waals surface area (Å²) in [7, 11) is 2.98. The molecule has 2 aromatic heterocycles. The Kier molecular flexibility index (Phi) is 5.17. The Bertz CT molecular complexity index is 920. The van der Waals surface area contributed by atoms with Crippen LogP contribution in [0.4, 0.5) is 0 Å². The lowest BCUT2D eigenvalue weighted by atomic mass is 10.1. The molecule has 0 fully saturated rings. The number of Topliss-reactive ketones (excluding diaryl/α,β-unsaturated/α-hetero) is 1. The van der Waals surface area contributed by atoms with E-state index < -0.39 is 0 Å². The first-order chi connectivity index (χ1) is 12.6. The highest BCUT2D eigenvalue weighted by atomic mass is 16.5. The molecule has 134 valence electrons. The summed E-state index contributed by atoms with van der Waals surface area (Å²) in [5, 5.41) is 9.85. The van der Waals surface area contributed by atoms with E-state index in [1.54, 1.807) is 30.5 Å². The fourth-order valence-corrected chi connectivity index (χ4v) is 2.50. The number of carbonyl (C=O) groups is 1. The molecular formula is C19H18N2O5. The Morgan fingerprint density at radius 1 is 1.19 bits per heavy atom. The van der Waals surface area contributed by atoms with Crippen LogP contribution in [0.1, 0.15) is 22.6 Å². The van der Waals surface area contributed by atoms with Crippen molar-refractivity contribution in [2.75, 3.05) is 14.2 Å². The number of aryl methyl sites for hydroxylation is 1. The van der Waals surface area contributed by atoms with E-state index in [-0.39, 0.29) is 18.0 Å². The highest BCUT2D eigenvalue weighted by Gasteiger charge is 2.15. The van der Waals surface area contributed by atoms with Crippen molar-refractivity contribution in [3.05, 3.63) is 54.2 Å². The SMILES string of the molecule is COc1ccc(-c2nc(CCC(=O)c3ncccc3OC)co2)cc1O. The summed E-state index contributed by atoms with van der Waals surface area (Å²) >= 11 is 0. The van der Waals surface area contributed by atoms with E-state index >= 15 is 0 Å². The van der Waals surface area contributed by atoms with E-state index in [0.717, 1.165) is 0 Å². The third-order valence-electron chi connectivity index (χ3n) is 3.84. The lowest BCUT2D eigenvalue weighted by Gasteiger charge is -2.05. The number of aromatic hydroxyl groups is 1. The van der Waals surface area contributed by atoms with Gasteiger partial charge in [0.1, 0.15) is 17.7 Å². The normalized spacial score (nSPS) is 10.5. The van der Waals surface area contributed by atoms with Gasteiger partial charge in [-0.2, -0.15) is 0 Å². The summed E-state index contributed by atoms with van der Waals surface area (Å²) < 4.78 is 15.6. The summed E-state index contributed by atoms with van der Waals surface area (Å²) in [6, 6.07) is 8.29. The number of benzene rings is 1. The van der Waals surface area contributed by atoms with Crippen LogP contribution in [0.5, 0.6) is 17.2 Å². The molecule has 0 atom stereocenters. The molecule has 26 heavy (non-hydrogen) atoms. The van der Waals surface area contributed by atoms with Crippen LogP contribution in [0.25, 0.3) is 11.5 Å². The summed E-state index contributed by atoms with van der Waals surface area (Å²) in [5.74, 6) is 1.06. The van der Waals surface area contributed by atoms with Crippen molar-refractivity contribution in [3.8, 4) is 28.7 Å². The molecule has 0 aliphatic rings. The Morgan fingerprint density at radius 2 is 2.00 bits per heavy atom. The maximum atomic E-state index is 12.3. The van der Waals surface area contributed by atoms with Gasteiger partial charge in [-0.3, -0.25) is 4.79 Å². The quantitative estimate of drug-likeness (QED) is 0.651. The van der Waals surface area contributed by atoms with Gasteiger partial charge in [-0.25, -0.2) is 9.97 Å². The first kappa shape index (κ1) is 17.5. The Labute approximate surface area is 150 Å². The molecule has 3 aromatic rings. The van der Waals surface area contributed by atoms with Crippen molar-refractivity contribution < 1.29 is 23.8 Å². The van der Waals surface area contributed by atoms with Gasteiger partial charge in [0.05, 0.1) is 19.9 Å². The van der Waals surface area contributed by atoms with E-state index in [1.807, 2.05) is 0 Å². The second-order valence-electron chi connectivity index (χ2n) is 5.51.